The van der Waals surface area contributed by atoms with Crippen LogP contribution >= 0.6 is 46.6 Å². The van der Waals surface area contributed by atoms with E-state index in [0.717, 1.165) is 11.1 Å². The average molecular weight is 490 g/mol. The second-order valence-corrected chi connectivity index (χ2v) is 8.78. The quantitative estimate of drug-likeness (QED) is 0.388. The smallest absolute Gasteiger partial charge is 0.264 e. The largest absolute Gasteiger partial charge is 0.489 e. The molecule has 0 aliphatic carbocycles. The molecule has 3 aromatic carbocycles. The molecule has 0 aromatic heterocycles. The first-order chi connectivity index (χ1) is 15.0. The van der Waals surface area contributed by atoms with Gasteiger partial charge in [-0.15, -0.1) is 0 Å². The van der Waals surface area contributed by atoms with Crippen LogP contribution in [0.25, 0.3) is 6.08 Å². The van der Waals surface area contributed by atoms with Crippen LogP contribution in [-0.2, 0) is 11.4 Å². The van der Waals surface area contributed by atoms with Crippen molar-refractivity contribution in [1.29, 1.82) is 0 Å². The molecule has 8 heteroatoms. The van der Waals surface area contributed by atoms with Crippen LogP contribution in [0.1, 0.15) is 11.1 Å². The van der Waals surface area contributed by atoms with E-state index in [2.05, 4.69) is 10.3 Å². The number of thioether (sulfide) groups is 1. The van der Waals surface area contributed by atoms with Gasteiger partial charge < -0.3 is 10.1 Å². The Bertz CT molecular complexity index is 1190. The van der Waals surface area contributed by atoms with Crippen molar-refractivity contribution in [1.82, 2.24) is 5.32 Å². The molecule has 1 N–H and O–H groups in total. The normalized spacial score (nSPS) is 16.0. The number of benzene rings is 3. The maximum Gasteiger partial charge on any atom is 0.264 e. The first-order valence-corrected chi connectivity index (χ1v) is 11.1. The van der Waals surface area contributed by atoms with Crippen LogP contribution in [0.4, 0.5) is 5.69 Å². The molecule has 1 amide bonds. The standard InChI is InChI=1S/C23H15Cl3N2O2S/c24-18-4-2-1-3-15(18)13-30-17-8-5-14(6-9-17)11-21-22(29)28-23(31-21)27-16-7-10-19(25)20(26)12-16/h1-12H,13H2,(H,27,28,29)/b21-11-. The number of rotatable bonds is 5. The van der Waals surface area contributed by atoms with Crippen LogP contribution in [0.2, 0.25) is 15.1 Å². The van der Waals surface area contributed by atoms with Crippen molar-refractivity contribution in [2.45, 2.75) is 6.61 Å². The van der Waals surface area contributed by atoms with Crippen molar-refractivity contribution in [3.8, 4) is 5.75 Å². The molecule has 1 aliphatic heterocycles. The summed E-state index contributed by atoms with van der Waals surface area (Å²) >= 11 is 19.4. The number of hydrogen-bond donors (Lipinski definition) is 1. The van der Waals surface area contributed by atoms with Crippen molar-refractivity contribution in [2.24, 2.45) is 4.99 Å². The third-order valence-electron chi connectivity index (χ3n) is 4.31. The number of ether oxygens (including phenoxy) is 1. The molecule has 0 unspecified atom stereocenters. The van der Waals surface area contributed by atoms with Gasteiger partial charge in [0.25, 0.3) is 5.91 Å². The molecule has 156 valence electrons. The van der Waals surface area contributed by atoms with Gasteiger partial charge in [0, 0.05) is 10.6 Å². The Labute approximate surface area is 198 Å². The fraction of sp³-hybridized carbons (Fsp3) is 0.0435. The summed E-state index contributed by atoms with van der Waals surface area (Å²) in [7, 11) is 0. The summed E-state index contributed by atoms with van der Waals surface area (Å²) in [6.07, 6.45) is 1.80. The topological polar surface area (TPSA) is 50.7 Å². The highest BCUT2D eigenvalue weighted by atomic mass is 35.5. The van der Waals surface area contributed by atoms with Gasteiger partial charge in [-0.3, -0.25) is 4.79 Å². The Balaban J connectivity index is 1.42. The van der Waals surface area contributed by atoms with Gasteiger partial charge in [-0.05, 0) is 59.8 Å². The molecule has 1 aliphatic rings. The number of nitrogens with zero attached hydrogens (tertiary/aromatic N) is 1. The van der Waals surface area contributed by atoms with Crippen LogP contribution in [-0.4, -0.2) is 11.1 Å². The SMILES string of the molecule is O=C1NC(=Nc2ccc(Cl)c(Cl)c2)S/C1=C\c1ccc(OCc2ccccc2Cl)cc1. The number of aliphatic imine (C=N–C) groups is 1. The number of halogens is 3. The number of carbonyl (C=O) groups is 1. The van der Waals surface area contributed by atoms with E-state index in [0.29, 0.717) is 43.2 Å². The monoisotopic (exact) mass is 488 g/mol. The summed E-state index contributed by atoms with van der Waals surface area (Å²) in [4.78, 5) is 17.2. The molecule has 0 atom stereocenters. The van der Waals surface area contributed by atoms with Crippen LogP contribution in [0, 0.1) is 0 Å². The van der Waals surface area contributed by atoms with E-state index in [1.54, 1.807) is 24.3 Å². The molecule has 0 saturated carbocycles. The predicted octanol–water partition coefficient (Wildman–Crippen LogP) is 7.12. The Morgan fingerprint density at radius 3 is 2.45 bits per heavy atom. The second-order valence-electron chi connectivity index (χ2n) is 6.53. The van der Waals surface area contributed by atoms with E-state index in [4.69, 9.17) is 39.5 Å². The molecule has 3 aromatic rings. The minimum Gasteiger partial charge on any atom is -0.489 e. The number of amidine groups is 1. The third-order valence-corrected chi connectivity index (χ3v) is 6.33. The number of carbonyl (C=O) groups excluding carboxylic acids is 1. The van der Waals surface area contributed by atoms with Crippen molar-refractivity contribution in [3.63, 3.8) is 0 Å². The van der Waals surface area contributed by atoms with Crippen LogP contribution in [0.5, 0.6) is 5.75 Å². The Morgan fingerprint density at radius 2 is 1.71 bits per heavy atom. The fourth-order valence-corrected chi connectivity index (χ4v) is 4.06. The molecule has 1 saturated heterocycles. The summed E-state index contributed by atoms with van der Waals surface area (Å²) in [5.41, 5.74) is 2.40. The lowest BCUT2D eigenvalue weighted by Gasteiger charge is -2.08. The first kappa shape index (κ1) is 21.8. The van der Waals surface area contributed by atoms with Crippen molar-refractivity contribution < 1.29 is 9.53 Å². The Kier molecular flexibility index (Phi) is 6.88. The fourth-order valence-electron chi connectivity index (χ4n) is 2.74. The van der Waals surface area contributed by atoms with E-state index in [-0.39, 0.29) is 5.91 Å². The van der Waals surface area contributed by atoms with Gasteiger partial charge in [-0.25, -0.2) is 4.99 Å². The van der Waals surface area contributed by atoms with Gasteiger partial charge in [0.1, 0.15) is 12.4 Å². The van der Waals surface area contributed by atoms with E-state index >= 15 is 0 Å². The highest BCUT2D eigenvalue weighted by molar-refractivity contribution is 8.18. The second kappa shape index (κ2) is 9.79. The van der Waals surface area contributed by atoms with Crippen LogP contribution < -0.4 is 10.1 Å². The summed E-state index contributed by atoms with van der Waals surface area (Å²) in [6, 6.07) is 20.1. The van der Waals surface area contributed by atoms with E-state index < -0.39 is 0 Å². The summed E-state index contributed by atoms with van der Waals surface area (Å²) in [6.45, 7) is 0.382. The minimum absolute atomic E-state index is 0.206. The zero-order chi connectivity index (χ0) is 21.8. The zero-order valence-electron chi connectivity index (χ0n) is 15.9. The molecule has 31 heavy (non-hydrogen) atoms. The highest BCUT2D eigenvalue weighted by Crippen LogP contribution is 2.31. The molecule has 1 fully saturated rings. The Hall–Kier alpha value is -2.44. The number of hydrogen-bond acceptors (Lipinski definition) is 4. The van der Waals surface area contributed by atoms with Gasteiger partial charge in [0.05, 0.1) is 20.6 Å². The minimum atomic E-state index is -0.206. The van der Waals surface area contributed by atoms with Crippen LogP contribution in [0.15, 0.2) is 76.6 Å². The van der Waals surface area contributed by atoms with E-state index in [1.807, 2.05) is 48.5 Å². The number of amides is 1. The lowest BCUT2D eigenvalue weighted by molar-refractivity contribution is -0.115. The number of nitrogens with one attached hydrogen (secondary N) is 1. The molecule has 0 radical (unpaired) electrons. The van der Waals surface area contributed by atoms with E-state index in [1.165, 1.54) is 11.8 Å². The maximum atomic E-state index is 12.3. The molecule has 4 nitrogen and oxygen atoms in total. The zero-order valence-corrected chi connectivity index (χ0v) is 19.0. The summed E-state index contributed by atoms with van der Waals surface area (Å²) in [5, 5.41) is 4.77. The third kappa shape index (κ3) is 5.63. The van der Waals surface area contributed by atoms with Gasteiger partial charge in [-0.2, -0.15) is 0 Å². The van der Waals surface area contributed by atoms with Crippen molar-refractivity contribution >= 4 is 69.4 Å². The van der Waals surface area contributed by atoms with Gasteiger partial charge >= 0.3 is 0 Å². The van der Waals surface area contributed by atoms with Crippen molar-refractivity contribution in [3.05, 3.63) is 97.8 Å². The Morgan fingerprint density at radius 1 is 0.935 bits per heavy atom. The van der Waals surface area contributed by atoms with E-state index in [9.17, 15) is 4.79 Å². The molecule has 0 bridgehead atoms. The lowest BCUT2D eigenvalue weighted by atomic mass is 10.2. The molecular weight excluding hydrogens is 475 g/mol. The average Bonchev–Trinajstić information content (AvgIpc) is 3.10. The van der Waals surface area contributed by atoms with Crippen molar-refractivity contribution in [2.75, 3.05) is 0 Å². The van der Waals surface area contributed by atoms with Gasteiger partial charge in [0.15, 0.2) is 5.17 Å². The molecular formula is C23H15Cl3N2O2S. The van der Waals surface area contributed by atoms with Gasteiger partial charge in [-0.1, -0.05) is 65.1 Å². The first-order valence-electron chi connectivity index (χ1n) is 9.19. The lowest BCUT2D eigenvalue weighted by Crippen LogP contribution is -2.19. The summed E-state index contributed by atoms with van der Waals surface area (Å²) in [5.74, 6) is 0.510. The molecule has 4 rings (SSSR count). The molecule has 1 heterocycles. The predicted molar refractivity (Wildman–Crippen MR) is 129 cm³/mol. The molecule has 0 spiro atoms. The van der Waals surface area contributed by atoms with Gasteiger partial charge in [0.2, 0.25) is 0 Å². The maximum absolute atomic E-state index is 12.3. The summed E-state index contributed by atoms with van der Waals surface area (Å²) < 4.78 is 5.79. The van der Waals surface area contributed by atoms with Crippen LogP contribution in [0.3, 0.4) is 0 Å². The highest BCUT2D eigenvalue weighted by Gasteiger charge is 2.23.